The molecule has 102 valence electrons. The third-order valence-electron chi connectivity index (χ3n) is 2.70. The summed E-state index contributed by atoms with van der Waals surface area (Å²) >= 11 is 0. The van der Waals surface area contributed by atoms with Crippen molar-refractivity contribution in [2.45, 2.75) is 25.8 Å². The molecular weight excluding hydrogens is 238 g/mol. The zero-order chi connectivity index (χ0) is 13.5. The molecule has 0 saturated carbocycles. The second-order valence-corrected chi connectivity index (χ2v) is 4.04. The van der Waals surface area contributed by atoms with Gasteiger partial charge in [0.1, 0.15) is 0 Å². The Hall–Kier alpha value is -1.63. The van der Waals surface area contributed by atoms with Gasteiger partial charge in [0.15, 0.2) is 6.04 Å². The summed E-state index contributed by atoms with van der Waals surface area (Å²) in [6, 6.07) is -1.38. The lowest BCUT2D eigenvalue weighted by Gasteiger charge is -2.16. The van der Waals surface area contributed by atoms with Crippen LogP contribution >= 0.6 is 0 Å². The molecule has 0 bridgehead atoms. The predicted molar refractivity (Wildman–Crippen MR) is 63.4 cm³/mol. The zero-order valence-electron chi connectivity index (χ0n) is 10.5. The second-order valence-electron chi connectivity index (χ2n) is 4.04. The van der Waals surface area contributed by atoms with E-state index in [9.17, 15) is 14.4 Å². The maximum Gasteiger partial charge on any atom is 0.332 e. The lowest BCUT2D eigenvalue weighted by Crippen LogP contribution is -2.49. The number of rotatable bonds is 5. The van der Waals surface area contributed by atoms with E-state index in [2.05, 4.69) is 10.1 Å². The first kappa shape index (κ1) is 14.4. The zero-order valence-corrected chi connectivity index (χ0v) is 10.5. The van der Waals surface area contributed by atoms with Crippen LogP contribution in [0.4, 0.5) is 0 Å². The van der Waals surface area contributed by atoms with Crippen molar-refractivity contribution in [1.82, 2.24) is 10.2 Å². The predicted octanol–water partition coefficient (Wildman–Crippen LogP) is -1.38. The fourth-order valence-electron chi connectivity index (χ4n) is 1.69. The van der Waals surface area contributed by atoms with Crippen molar-refractivity contribution in [3.63, 3.8) is 0 Å². The highest BCUT2D eigenvalue weighted by molar-refractivity contribution is 6.02. The van der Waals surface area contributed by atoms with Gasteiger partial charge in [-0.2, -0.15) is 0 Å². The molecule has 1 aliphatic heterocycles. The van der Waals surface area contributed by atoms with Crippen LogP contribution in [-0.2, 0) is 19.1 Å². The molecule has 0 spiro atoms. The first-order chi connectivity index (χ1) is 8.56. The van der Waals surface area contributed by atoms with Crippen molar-refractivity contribution in [1.29, 1.82) is 0 Å². The van der Waals surface area contributed by atoms with Gasteiger partial charge in [-0.1, -0.05) is 0 Å². The van der Waals surface area contributed by atoms with E-state index in [1.165, 1.54) is 0 Å². The Morgan fingerprint density at radius 1 is 1.33 bits per heavy atom. The molecule has 0 aromatic rings. The molecule has 1 aliphatic rings. The standard InChI is InChI=1S/C11H19N3O4/c1-2-18-11(17)9(12)10(16)13-7-8(15)14-5-3-4-6-14/h9H,2-7,12H2,1H3,(H,13,16). The molecule has 0 aromatic heterocycles. The maximum atomic E-state index is 11.6. The highest BCUT2D eigenvalue weighted by Gasteiger charge is 2.25. The Morgan fingerprint density at radius 3 is 2.50 bits per heavy atom. The van der Waals surface area contributed by atoms with Gasteiger partial charge in [0.25, 0.3) is 0 Å². The Kier molecular flexibility index (Phi) is 5.57. The minimum absolute atomic E-state index is 0.133. The number of ether oxygens (including phenoxy) is 1. The molecule has 1 unspecified atom stereocenters. The topological polar surface area (TPSA) is 102 Å². The highest BCUT2D eigenvalue weighted by atomic mass is 16.5. The summed E-state index contributed by atoms with van der Waals surface area (Å²) < 4.78 is 4.61. The molecule has 1 saturated heterocycles. The summed E-state index contributed by atoms with van der Waals surface area (Å²) in [5.74, 6) is -1.64. The quantitative estimate of drug-likeness (QED) is 0.466. The van der Waals surface area contributed by atoms with E-state index >= 15 is 0 Å². The maximum absolute atomic E-state index is 11.6. The van der Waals surface area contributed by atoms with Crippen molar-refractivity contribution in [3.8, 4) is 0 Å². The summed E-state index contributed by atoms with van der Waals surface area (Å²) in [5.41, 5.74) is 5.38. The summed E-state index contributed by atoms with van der Waals surface area (Å²) in [6.45, 7) is 3.09. The monoisotopic (exact) mass is 257 g/mol. The van der Waals surface area contributed by atoms with Gasteiger partial charge in [-0.3, -0.25) is 9.59 Å². The van der Waals surface area contributed by atoms with Gasteiger partial charge in [0.2, 0.25) is 11.8 Å². The van der Waals surface area contributed by atoms with E-state index in [0.29, 0.717) is 0 Å². The van der Waals surface area contributed by atoms with E-state index in [1.54, 1.807) is 11.8 Å². The van der Waals surface area contributed by atoms with Crippen molar-refractivity contribution >= 4 is 17.8 Å². The van der Waals surface area contributed by atoms with E-state index in [0.717, 1.165) is 25.9 Å². The van der Waals surface area contributed by atoms with Crippen LogP contribution in [0.5, 0.6) is 0 Å². The third-order valence-corrected chi connectivity index (χ3v) is 2.70. The number of likely N-dealkylation sites (tertiary alicyclic amines) is 1. The molecule has 1 heterocycles. The molecule has 3 N–H and O–H groups in total. The molecular formula is C11H19N3O4. The molecule has 2 amide bonds. The van der Waals surface area contributed by atoms with Crippen LogP contribution in [-0.4, -0.2) is 55.0 Å². The number of carbonyl (C=O) groups is 3. The number of nitrogens with one attached hydrogen (secondary N) is 1. The molecule has 18 heavy (non-hydrogen) atoms. The molecule has 1 rings (SSSR count). The van der Waals surface area contributed by atoms with Crippen LogP contribution in [0.15, 0.2) is 0 Å². The van der Waals surface area contributed by atoms with Gasteiger partial charge in [-0.15, -0.1) is 0 Å². The van der Waals surface area contributed by atoms with E-state index in [-0.39, 0.29) is 19.1 Å². The van der Waals surface area contributed by atoms with E-state index < -0.39 is 17.9 Å². The average molecular weight is 257 g/mol. The molecule has 7 heteroatoms. The molecule has 1 fully saturated rings. The fourth-order valence-corrected chi connectivity index (χ4v) is 1.69. The number of nitrogens with two attached hydrogens (primary N) is 1. The van der Waals surface area contributed by atoms with Crippen LogP contribution in [0.25, 0.3) is 0 Å². The van der Waals surface area contributed by atoms with Crippen molar-refractivity contribution in [2.24, 2.45) is 5.73 Å². The number of hydrogen-bond acceptors (Lipinski definition) is 5. The molecule has 0 aliphatic carbocycles. The van der Waals surface area contributed by atoms with Gasteiger partial charge in [0.05, 0.1) is 13.2 Å². The smallest absolute Gasteiger partial charge is 0.332 e. The van der Waals surface area contributed by atoms with Crippen LogP contribution in [0.2, 0.25) is 0 Å². The minimum Gasteiger partial charge on any atom is -0.464 e. The van der Waals surface area contributed by atoms with Crippen LogP contribution < -0.4 is 11.1 Å². The SMILES string of the molecule is CCOC(=O)C(N)C(=O)NCC(=O)N1CCCC1. The Balaban J connectivity index is 2.31. The van der Waals surface area contributed by atoms with Gasteiger partial charge >= 0.3 is 5.97 Å². The van der Waals surface area contributed by atoms with E-state index in [4.69, 9.17) is 5.73 Å². The number of amides is 2. The van der Waals surface area contributed by atoms with Crippen LogP contribution in [0, 0.1) is 0 Å². The Bertz CT molecular complexity index is 326. The lowest BCUT2D eigenvalue weighted by molar-refractivity contribution is -0.148. The summed E-state index contributed by atoms with van der Waals surface area (Å²) in [7, 11) is 0. The highest BCUT2D eigenvalue weighted by Crippen LogP contribution is 2.06. The first-order valence-corrected chi connectivity index (χ1v) is 6.04. The number of carbonyl (C=O) groups excluding carboxylic acids is 3. The summed E-state index contributed by atoms with van der Waals surface area (Å²) in [6.07, 6.45) is 1.98. The number of hydrogen-bond donors (Lipinski definition) is 2. The number of esters is 1. The van der Waals surface area contributed by atoms with Gasteiger partial charge in [0, 0.05) is 13.1 Å². The Labute approximate surface area is 106 Å². The lowest BCUT2D eigenvalue weighted by atomic mass is 10.3. The molecule has 0 radical (unpaired) electrons. The Morgan fingerprint density at radius 2 is 1.94 bits per heavy atom. The largest absolute Gasteiger partial charge is 0.464 e. The minimum atomic E-state index is -1.38. The third kappa shape index (κ3) is 3.99. The second kappa shape index (κ2) is 6.95. The normalized spacial score (nSPS) is 16.2. The van der Waals surface area contributed by atoms with Crippen molar-refractivity contribution < 1.29 is 19.1 Å². The van der Waals surface area contributed by atoms with Gasteiger partial charge < -0.3 is 20.7 Å². The van der Waals surface area contributed by atoms with Crippen LogP contribution in [0.1, 0.15) is 19.8 Å². The van der Waals surface area contributed by atoms with Gasteiger partial charge in [-0.25, -0.2) is 4.79 Å². The fraction of sp³-hybridized carbons (Fsp3) is 0.727. The molecule has 1 atom stereocenters. The van der Waals surface area contributed by atoms with Crippen LogP contribution in [0.3, 0.4) is 0 Å². The average Bonchev–Trinajstić information content (AvgIpc) is 2.88. The summed E-state index contributed by atoms with van der Waals surface area (Å²) in [5, 5.41) is 2.34. The molecule has 0 aromatic carbocycles. The molecule has 7 nitrogen and oxygen atoms in total. The van der Waals surface area contributed by atoms with Crippen molar-refractivity contribution in [2.75, 3.05) is 26.2 Å². The number of nitrogens with zero attached hydrogens (tertiary/aromatic N) is 1. The summed E-state index contributed by atoms with van der Waals surface area (Å²) in [4.78, 5) is 36.0. The van der Waals surface area contributed by atoms with Crippen molar-refractivity contribution in [3.05, 3.63) is 0 Å². The van der Waals surface area contributed by atoms with Gasteiger partial charge in [-0.05, 0) is 19.8 Å². The van der Waals surface area contributed by atoms with E-state index in [1.807, 2.05) is 0 Å². The first-order valence-electron chi connectivity index (χ1n) is 6.04.